The van der Waals surface area contributed by atoms with E-state index in [2.05, 4.69) is 10.0 Å². The van der Waals surface area contributed by atoms with Gasteiger partial charge in [0.25, 0.3) is 0 Å². The van der Waals surface area contributed by atoms with Gasteiger partial charge in [-0.1, -0.05) is 5.11 Å². The molecule has 0 spiro atoms. The highest BCUT2D eigenvalue weighted by Gasteiger charge is 2.09. The van der Waals surface area contributed by atoms with Crippen molar-refractivity contribution in [1.82, 2.24) is 0 Å². The third-order valence-corrected chi connectivity index (χ3v) is 2.03. The van der Waals surface area contributed by atoms with E-state index in [4.69, 9.17) is 10.8 Å². The Balaban J connectivity index is 2.80. The van der Waals surface area contributed by atoms with E-state index >= 15 is 0 Å². The molecule has 0 fully saturated rings. The molecule has 0 aromatic heterocycles. The minimum atomic E-state index is -0.303. The van der Waals surface area contributed by atoms with Gasteiger partial charge in [0.2, 0.25) is 5.91 Å². The summed E-state index contributed by atoms with van der Waals surface area (Å²) >= 11 is 0. The van der Waals surface area contributed by atoms with Gasteiger partial charge in [0, 0.05) is 17.6 Å². The van der Waals surface area contributed by atoms with Gasteiger partial charge >= 0.3 is 0 Å². The largest absolute Gasteiger partial charge is 0.315 e. The van der Waals surface area contributed by atoms with Gasteiger partial charge in [-0.3, -0.25) is 4.79 Å². The molecule has 0 heterocycles. The number of hydrogen-bond donors (Lipinski definition) is 0. The van der Waals surface area contributed by atoms with Crippen LogP contribution in [0.5, 0.6) is 0 Å². The number of benzene rings is 1. The van der Waals surface area contributed by atoms with Crippen molar-refractivity contribution in [2.24, 2.45) is 5.11 Å². The van der Waals surface area contributed by atoms with Crippen molar-refractivity contribution in [3.8, 4) is 6.07 Å². The van der Waals surface area contributed by atoms with Crippen LogP contribution in [0.15, 0.2) is 29.4 Å². The summed E-state index contributed by atoms with van der Waals surface area (Å²) < 4.78 is 0. The maximum atomic E-state index is 11.5. The second-order valence-electron chi connectivity index (χ2n) is 3.00. The van der Waals surface area contributed by atoms with Gasteiger partial charge in [0.1, 0.15) is 6.54 Å². The molecule has 6 nitrogen and oxygen atoms in total. The fraction of sp³-hybridized carbons (Fsp3) is 0.200. The molecule has 0 aliphatic rings. The summed E-state index contributed by atoms with van der Waals surface area (Å²) in [5, 5.41) is 11.8. The van der Waals surface area contributed by atoms with Crippen molar-refractivity contribution in [2.45, 2.75) is 0 Å². The van der Waals surface area contributed by atoms with E-state index in [-0.39, 0.29) is 12.5 Å². The highest BCUT2D eigenvalue weighted by molar-refractivity contribution is 5.94. The van der Waals surface area contributed by atoms with Crippen LogP contribution in [0.2, 0.25) is 0 Å². The summed E-state index contributed by atoms with van der Waals surface area (Å²) in [5.41, 5.74) is 9.26. The lowest BCUT2D eigenvalue weighted by molar-refractivity contribution is -0.117. The Morgan fingerprint density at radius 3 is 2.69 bits per heavy atom. The Labute approximate surface area is 92.3 Å². The zero-order chi connectivity index (χ0) is 12.0. The third kappa shape index (κ3) is 2.74. The van der Waals surface area contributed by atoms with E-state index < -0.39 is 0 Å². The van der Waals surface area contributed by atoms with Crippen LogP contribution in [0.25, 0.3) is 10.4 Å². The highest BCUT2D eigenvalue weighted by Crippen LogP contribution is 2.13. The lowest BCUT2D eigenvalue weighted by atomic mass is 10.2. The predicted octanol–water partition coefficient (Wildman–Crippen LogP) is 1.83. The molecule has 1 amide bonds. The molecular weight excluding hydrogens is 206 g/mol. The van der Waals surface area contributed by atoms with Crippen molar-refractivity contribution >= 4 is 11.6 Å². The number of likely N-dealkylation sites (N-methyl/N-ethyl adjacent to an activating group) is 1. The van der Waals surface area contributed by atoms with Crippen LogP contribution in [-0.2, 0) is 4.79 Å². The van der Waals surface area contributed by atoms with Gasteiger partial charge in [0.15, 0.2) is 0 Å². The van der Waals surface area contributed by atoms with Crippen molar-refractivity contribution < 1.29 is 4.79 Å². The first-order valence-electron chi connectivity index (χ1n) is 4.46. The summed E-state index contributed by atoms with van der Waals surface area (Å²) in [5.74, 6) is -0.303. The lowest BCUT2D eigenvalue weighted by Crippen LogP contribution is -2.28. The first-order valence-corrected chi connectivity index (χ1v) is 4.46. The lowest BCUT2D eigenvalue weighted by Gasteiger charge is -2.15. The topological polar surface area (TPSA) is 92.9 Å². The van der Waals surface area contributed by atoms with Crippen LogP contribution in [0, 0.1) is 11.3 Å². The Morgan fingerprint density at radius 2 is 2.19 bits per heavy atom. The second kappa shape index (κ2) is 5.39. The Morgan fingerprint density at radius 1 is 1.56 bits per heavy atom. The highest BCUT2D eigenvalue weighted by atomic mass is 16.2. The van der Waals surface area contributed by atoms with Crippen LogP contribution >= 0.6 is 0 Å². The quantitative estimate of drug-likeness (QED) is 0.437. The van der Waals surface area contributed by atoms with E-state index in [0.29, 0.717) is 11.3 Å². The zero-order valence-corrected chi connectivity index (χ0v) is 8.66. The number of nitrogens with zero attached hydrogens (tertiary/aromatic N) is 5. The summed E-state index contributed by atoms with van der Waals surface area (Å²) in [6, 6.07) is 8.54. The SMILES string of the molecule is CN(C(=O)CN=[N+]=[N-])c1ccc(C#N)cc1. The average Bonchev–Trinajstić information content (AvgIpc) is 2.35. The van der Waals surface area contributed by atoms with Gasteiger partial charge in [-0.05, 0) is 29.8 Å². The van der Waals surface area contributed by atoms with E-state index in [9.17, 15) is 4.79 Å². The molecular formula is C10H9N5O. The second-order valence-corrected chi connectivity index (χ2v) is 3.00. The Kier molecular flexibility index (Phi) is 3.90. The molecule has 0 aliphatic heterocycles. The minimum Gasteiger partial charge on any atom is -0.315 e. The number of anilines is 1. The molecule has 6 heteroatoms. The van der Waals surface area contributed by atoms with E-state index in [1.807, 2.05) is 6.07 Å². The zero-order valence-electron chi connectivity index (χ0n) is 8.66. The standard InChI is InChI=1S/C10H9N5O/c1-15(10(16)7-13-14-12)9-4-2-8(6-11)3-5-9/h2-5H,7H2,1H3. The molecule has 0 atom stereocenters. The van der Waals surface area contributed by atoms with Gasteiger partial charge < -0.3 is 4.90 Å². The van der Waals surface area contributed by atoms with Crippen molar-refractivity contribution in [3.05, 3.63) is 40.3 Å². The molecule has 0 saturated heterocycles. The predicted molar refractivity (Wildman–Crippen MR) is 58.6 cm³/mol. The normalized spacial score (nSPS) is 8.75. The molecule has 80 valence electrons. The third-order valence-electron chi connectivity index (χ3n) is 2.03. The van der Waals surface area contributed by atoms with Gasteiger partial charge in [-0.2, -0.15) is 5.26 Å². The molecule has 16 heavy (non-hydrogen) atoms. The van der Waals surface area contributed by atoms with Gasteiger partial charge in [-0.15, -0.1) is 0 Å². The molecule has 0 saturated carbocycles. The molecule has 1 aromatic carbocycles. The van der Waals surface area contributed by atoms with Crippen LogP contribution < -0.4 is 4.90 Å². The number of carbonyl (C=O) groups excluding carboxylic acids is 1. The van der Waals surface area contributed by atoms with E-state index in [0.717, 1.165) is 0 Å². The minimum absolute atomic E-state index is 0.215. The van der Waals surface area contributed by atoms with Crippen LogP contribution in [0.4, 0.5) is 5.69 Å². The maximum absolute atomic E-state index is 11.5. The summed E-state index contributed by atoms with van der Waals surface area (Å²) in [6.45, 7) is -0.215. The fourth-order valence-corrected chi connectivity index (χ4v) is 1.10. The number of azide groups is 1. The summed E-state index contributed by atoms with van der Waals surface area (Å²) in [7, 11) is 1.58. The van der Waals surface area contributed by atoms with Crippen molar-refractivity contribution in [3.63, 3.8) is 0 Å². The molecule has 1 rings (SSSR count). The Bertz CT molecular complexity index is 467. The number of carbonyl (C=O) groups is 1. The summed E-state index contributed by atoms with van der Waals surface area (Å²) in [4.78, 5) is 15.3. The van der Waals surface area contributed by atoms with Crippen LogP contribution in [-0.4, -0.2) is 19.5 Å². The average molecular weight is 215 g/mol. The van der Waals surface area contributed by atoms with Crippen LogP contribution in [0.3, 0.4) is 0 Å². The molecule has 0 aliphatic carbocycles. The van der Waals surface area contributed by atoms with Crippen molar-refractivity contribution in [1.29, 1.82) is 5.26 Å². The van der Waals surface area contributed by atoms with Gasteiger partial charge in [0.05, 0.1) is 11.6 Å². The molecule has 0 N–H and O–H groups in total. The first kappa shape index (κ1) is 11.6. The first-order chi connectivity index (χ1) is 7.69. The molecule has 0 bridgehead atoms. The van der Waals surface area contributed by atoms with Crippen LogP contribution in [0.1, 0.15) is 5.56 Å². The number of hydrogen-bond acceptors (Lipinski definition) is 3. The maximum Gasteiger partial charge on any atom is 0.232 e. The number of rotatable bonds is 3. The monoisotopic (exact) mass is 215 g/mol. The molecule has 1 aromatic rings. The summed E-state index contributed by atoms with van der Waals surface area (Å²) in [6.07, 6.45) is 0. The molecule has 0 radical (unpaired) electrons. The van der Waals surface area contributed by atoms with Crippen molar-refractivity contribution in [2.75, 3.05) is 18.5 Å². The number of nitriles is 1. The smallest absolute Gasteiger partial charge is 0.232 e. The number of amides is 1. The Hall–Kier alpha value is -2.51. The van der Waals surface area contributed by atoms with E-state index in [1.54, 1.807) is 31.3 Å². The fourth-order valence-electron chi connectivity index (χ4n) is 1.10. The van der Waals surface area contributed by atoms with E-state index in [1.165, 1.54) is 4.90 Å². The van der Waals surface area contributed by atoms with Gasteiger partial charge in [-0.25, -0.2) is 0 Å². The molecule has 0 unspecified atom stereocenters.